The van der Waals surface area contributed by atoms with Crippen LogP contribution in [0.1, 0.15) is 38.5 Å². The Bertz CT molecular complexity index is 262. The molecule has 0 aromatic heterocycles. The lowest BCUT2D eigenvalue weighted by molar-refractivity contribution is -0.129. The number of carboxylic acids is 1. The maximum Gasteiger partial charge on any atom is 0.354 e. The second-order valence-corrected chi connectivity index (χ2v) is 4.02. The normalized spacial score (nSPS) is 32.1. The van der Waals surface area contributed by atoms with E-state index in [-0.39, 0.29) is 17.7 Å². The van der Waals surface area contributed by atoms with Crippen LogP contribution in [0.15, 0.2) is 5.16 Å². The molecule has 2 aliphatic rings. The van der Waals surface area contributed by atoms with Gasteiger partial charge in [-0.2, -0.15) is 0 Å². The summed E-state index contributed by atoms with van der Waals surface area (Å²) in [5.41, 5.74) is 0.233. The van der Waals surface area contributed by atoms with Crippen LogP contribution >= 0.6 is 0 Å². The van der Waals surface area contributed by atoms with Gasteiger partial charge in [0.25, 0.3) is 0 Å². The maximum atomic E-state index is 10.8. The van der Waals surface area contributed by atoms with Crippen LogP contribution in [-0.2, 0) is 9.63 Å². The molecule has 0 unspecified atom stereocenters. The van der Waals surface area contributed by atoms with Crippen molar-refractivity contribution in [2.75, 3.05) is 0 Å². The minimum absolute atomic E-state index is 0.0291. The lowest BCUT2D eigenvalue weighted by Crippen LogP contribution is -2.29. The number of fused-ring (bicyclic) bond motifs is 1. The molecule has 2 atom stereocenters. The summed E-state index contributed by atoms with van der Waals surface area (Å²) in [6.45, 7) is 0. The number of carbonyl (C=O) groups is 1. The largest absolute Gasteiger partial charge is 0.477 e. The van der Waals surface area contributed by atoms with Gasteiger partial charge in [-0.25, -0.2) is 4.79 Å². The van der Waals surface area contributed by atoms with Crippen LogP contribution in [0, 0.1) is 5.92 Å². The highest BCUT2D eigenvalue weighted by molar-refractivity contribution is 6.36. The van der Waals surface area contributed by atoms with Gasteiger partial charge in [0.2, 0.25) is 0 Å². The molecule has 0 aromatic carbocycles. The Balaban J connectivity index is 2.07. The average molecular weight is 197 g/mol. The number of carboxylic acid groups (broad SMARTS) is 1. The fourth-order valence-corrected chi connectivity index (χ4v) is 2.28. The van der Waals surface area contributed by atoms with Crippen LogP contribution in [0.25, 0.3) is 0 Å². The van der Waals surface area contributed by atoms with E-state index in [4.69, 9.17) is 9.94 Å². The van der Waals surface area contributed by atoms with Crippen molar-refractivity contribution in [1.29, 1.82) is 0 Å². The molecule has 1 aliphatic carbocycles. The zero-order valence-corrected chi connectivity index (χ0v) is 8.11. The van der Waals surface area contributed by atoms with Gasteiger partial charge >= 0.3 is 5.97 Å². The van der Waals surface area contributed by atoms with Gasteiger partial charge in [0.15, 0.2) is 5.71 Å². The molecule has 4 heteroatoms. The minimum Gasteiger partial charge on any atom is -0.477 e. The molecule has 1 saturated carbocycles. The number of rotatable bonds is 1. The molecule has 1 N–H and O–H groups in total. The van der Waals surface area contributed by atoms with E-state index in [0.717, 1.165) is 25.7 Å². The van der Waals surface area contributed by atoms with Crippen LogP contribution < -0.4 is 0 Å². The molecule has 1 heterocycles. The SMILES string of the molecule is O=C(O)C1=NO[C@H]2CCCCCC[C@H]12. The molecule has 1 aliphatic heterocycles. The molecule has 0 bridgehead atoms. The van der Waals surface area contributed by atoms with E-state index in [1.807, 2.05) is 0 Å². The highest BCUT2D eigenvalue weighted by atomic mass is 16.6. The first-order chi connectivity index (χ1) is 6.79. The molecule has 0 saturated heterocycles. The summed E-state index contributed by atoms with van der Waals surface area (Å²) >= 11 is 0. The summed E-state index contributed by atoms with van der Waals surface area (Å²) in [5, 5.41) is 12.6. The van der Waals surface area contributed by atoms with Crippen LogP contribution in [0.2, 0.25) is 0 Å². The van der Waals surface area contributed by atoms with Crippen molar-refractivity contribution in [2.24, 2.45) is 11.1 Å². The lowest BCUT2D eigenvalue weighted by Gasteiger charge is -2.20. The first kappa shape index (κ1) is 9.49. The summed E-state index contributed by atoms with van der Waals surface area (Å²) in [6, 6.07) is 0. The van der Waals surface area contributed by atoms with Crippen molar-refractivity contribution in [1.82, 2.24) is 0 Å². The van der Waals surface area contributed by atoms with E-state index < -0.39 is 5.97 Å². The fraction of sp³-hybridized carbons (Fsp3) is 0.800. The van der Waals surface area contributed by atoms with E-state index in [9.17, 15) is 4.79 Å². The number of oxime groups is 1. The molecule has 0 spiro atoms. The molecule has 0 amide bonds. The second kappa shape index (κ2) is 3.98. The van der Waals surface area contributed by atoms with Gasteiger partial charge in [-0.05, 0) is 19.3 Å². The van der Waals surface area contributed by atoms with Crippen molar-refractivity contribution in [3.63, 3.8) is 0 Å². The number of nitrogens with zero attached hydrogens (tertiary/aromatic N) is 1. The van der Waals surface area contributed by atoms with Gasteiger partial charge in [-0.15, -0.1) is 0 Å². The molecule has 1 fully saturated rings. The zero-order chi connectivity index (χ0) is 9.97. The molecule has 2 rings (SSSR count). The van der Waals surface area contributed by atoms with E-state index in [1.54, 1.807) is 0 Å². The molecular weight excluding hydrogens is 182 g/mol. The van der Waals surface area contributed by atoms with Gasteiger partial charge in [-0.1, -0.05) is 24.4 Å². The molecule has 14 heavy (non-hydrogen) atoms. The topological polar surface area (TPSA) is 58.9 Å². The minimum atomic E-state index is -0.918. The predicted molar refractivity (Wildman–Crippen MR) is 51.1 cm³/mol. The summed E-state index contributed by atoms with van der Waals surface area (Å²) < 4.78 is 0. The van der Waals surface area contributed by atoms with E-state index in [0.29, 0.717) is 0 Å². The Morgan fingerprint density at radius 1 is 1.29 bits per heavy atom. The highest BCUT2D eigenvalue weighted by Gasteiger charge is 2.37. The van der Waals surface area contributed by atoms with Gasteiger partial charge in [-0.3, -0.25) is 0 Å². The van der Waals surface area contributed by atoms with Gasteiger partial charge < -0.3 is 9.94 Å². The first-order valence-corrected chi connectivity index (χ1v) is 5.26. The molecular formula is C10H15NO3. The fourth-order valence-electron chi connectivity index (χ4n) is 2.28. The monoisotopic (exact) mass is 197 g/mol. The van der Waals surface area contributed by atoms with Crippen LogP contribution in [0.5, 0.6) is 0 Å². The standard InChI is InChI=1S/C10H15NO3/c12-10(13)9-7-5-3-1-2-4-6-8(7)14-11-9/h7-8H,1-6H2,(H,12,13)/t7-,8-/m0/s1. The van der Waals surface area contributed by atoms with Gasteiger partial charge in [0.05, 0.1) is 5.92 Å². The first-order valence-electron chi connectivity index (χ1n) is 5.26. The van der Waals surface area contributed by atoms with Crippen LogP contribution in [-0.4, -0.2) is 22.9 Å². The summed E-state index contributed by atoms with van der Waals surface area (Å²) in [4.78, 5) is 16.0. The predicted octanol–water partition coefficient (Wildman–Crippen LogP) is 1.80. The lowest BCUT2D eigenvalue weighted by atomic mass is 9.86. The van der Waals surface area contributed by atoms with Gasteiger partial charge in [0, 0.05) is 0 Å². The number of hydrogen-bond acceptors (Lipinski definition) is 3. The third-order valence-corrected chi connectivity index (χ3v) is 3.06. The quantitative estimate of drug-likeness (QED) is 0.697. The van der Waals surface area contributed by atoms with E-state index >= 15 is 0 Å². The second-order valence-electron chi connectivity index (χ2n) is 4.02. The van der Waals surface area contributed by atoms with Crippen molar-refractivity contribution in [3.05, 3.63) is 0 Å². The van der Waals surface area contributed by atoms with E-state index in [2.05, 4.69) is 5.16 Å². The van der Waals surface area contributed by atoms with Crippen molar-refractivity contribution in [3.8, 4) is 0 Å². The Hall–Kier alpha value is -1.06. The Kier molecular flexibility index (Phi) is 2.70. The Morgan fingerprint density at radius 3 is 2.71 bits per heavy atom. The van der Waals surface area contributed by atoms with Crippen molar-refractivity contribution < 1.29 is 14.7 Å². The summed E-state index contributed by atoms with van der Waals surface area (Å²) in [5.74, 6) is -0.883. The third kappa shape index (κ3) is 1.74. The van der Waals surface area contributed by atoms with Crippen LogP contribution in [0.3, 0.4) is 0 Å². The van der Waals surface area contributed by atoms with Gasteiger partial charge in [0.1, 0.15) is 6.10 Å². The van der Waals surface area contributed by atoms with Crippen LogP contribution in [0.4, 0.5) is 0 Å². The average Bonchev–Trinajstić information content (AvgIpc) is 2.47. The van der Waals surface area contributed by atoms with E-state index in [1.165, 1.54) is 12.8 Å². The maximum absolute atomic E-state index is 10.8. The molecule has 78 valence electrons. The Morgan fingerprint density at radius 2 is 2.00 bits per heavy atom. The molecule has 0 radical (unpaired) electrons. The molecule has 0 aromatic rings. The zero-order valence-electron chi connectivity index (χ0n) is 8.11. The van der Waals surface area contributed by atoms with Crippen molar-refractivity contribution >= 4 is 11.7 Å². The van der Waals surface area contributed by atoms with Crippen molar-refractivity contribution in [2.45, 2.75) is 44.6 Å². The third-order valence-electron chi connectivity index (χ3n) is 3.06. The number of aliphatic carboxylic acids is 1. The number of hydrogen-bond donors (Lipinski definition) is 1. The summed E-state index contributed by atoms with van der Waals surface area (Å²) in [6.07, 6.45) is 6.55. The smallest absolute Gasteiger partial charge is 0.354 e. The Labute approximate surface area is 82.9 Å². The highest BCUT2D eigenvalue weighted by Crippen LogP contribution is 2.30. The molecule has 4 nitrogen and oxygen atoms in total. The summed E-state index contributed by atoms with van der Waals surface area (Å²) in [7, 11) is 0.